The Kier molecular flexibility index (Phi) is 10.1. The van der Waals surface area contributed by atoms with Crippen LogP contribution in [0.5, 0.6) is 0 Å². The number of nitrogens with one attached hydrogen (secondary N) is 1. The molecule has 0 spiro atoms. The highest BCUT2D eigenvalue weighted by atomic mass is 15.2. The van der Waals surface area contributed by atoms with Crippen molar-refractivity contribution in [3.8, 4) is 5.69 Å². The van der Waals surface area contributed by atoms with Crippen LogP contribution in [-0.2, 0) is 0 Å². The Morgan fingerprint density at radius 1 is 0.493 bits per heavy atom. The summed E-state index contributed by atoms with van der Waals surface area (Å²) >= 11 is 0. The lowest BCUT2D eigenvalue weighted by atomic mass is 10.0. The van der Waals surface area contributed by atoms with Gasteiger partial charge in [-0.3, -0.25) is 0 Å². The van der Waals surface area contributed by atoms with E-state index in [-0.39, 0.29) is 6.17 Å². The summed E-state index contributed by atoms with van der Waals surface area (Å²) in [5.74, 6) is 1.52. The Balaban J connectivity index is 0.00000231. The molecule has 8 aromatic carbocycles. The lowest BCUT2D eigenvalue weighted by molar-refractivity contribution is 0.721. The Labute approximate surface area is 389 Å². The van der Waals surface area contributed by atoms with Gasteiger partial charge in [0.25, 0.3) is 0 Å². The van der Waals surface area contributed by atoms with Gasteiger partial charge in [-0.2, -0.15) is 0 Å². The van der Waals surface area contributed by atoms with Crippen molar-refractivity contribution >= 4 is 88.6 Å². The van der Waals surface area contributed by atoms with E-state index >= 15 is 0 Å². The molecule has 0 bridgehead atoms. The molecule has 0 saturated heterocycles. The number of rotatable bonds is 7. The summed E-state index contributed by atoms with van der Waals surface area (Å²) in [5.41, 5.74) is 13.3. The van der Waals surface area contributed by atoms with Crippen molar-refractivity contribution < 1.29 is 0 Å². The van der Waals surface area contributed by atoms with E-state index in [1.165, 1.54) is 48.9 Å². The molecule has 1 N–H and O–H groups in total. The molecule has 6 heteroatoms. The molecule has 4 heterocycles. The third kappa shape index (κ3) is 6.80. The SMILES string of the molecule is C1=CC(C2N=C(c3ccccc3)N=C(c3cccc(-n4c5ccc(N(c6ccccc6)c6ccccc6)cc5c5ccc6c(cc7c8ccccc8c8ccccc8n76)c54)c3)N2)=CCC1.CC. The maximum absolute atomic E-state index is 5.23. The van der Waals surface area contributed by atoms with Gasteiger partial charge in [0.1, 0.15) is 12.0 Å². The van der Waals surface area contributed by atoms with Crippen LogP contribution < -0.4 is 10.2 Å². The highest BCUT2D eigenvalue weighted by Gasteiger charge is 2.25. The van der Waals surface area contributed by atoms with E-state index < -0.39 is 0 Å². The minimum atomic E-state index is -0.250. The van der Waals surface area contributed by atoms with Gasteiger partial charge in [0, 0.05) is 60.8 Å². The first kappa shape index (κ1) is 40.1. The number of amidine groups is 2. The molecule has 11 aromatic rings. The minimum absolute atomic E-state index is 0.250. The van der Waals surface area contributed by atoms with Crippen molar-refractivity contribution in [1.82, 2.24) is 14.3 Å². The third-order valence-electron chi connectivity index (χ3n) is 13.1. The predicted molar refractivity (Wildman–Crippen MR) is 283 cm³/mol. The molecule has 0 radical (unpaired) electrons. The van der Waals surface area contributed by atoms with Gasteiger partial charge in [0.15, 0.2) is 5.84 Å². The normalized spacial score (nSPS) is 14.8. The van der Waals surface area contributed by atoms with Crippen LogP contribution in [0, 0.1) is 0 Å². The molecule has 1 unspecified atom stereocenters. The van der Waals surface area contributed by atoms with Crippen LogP contribution in [-0.4, -0.2) is 26.8 Å². The molecule has 1 aliphatic heterocycles. The number of allylic oxidation sites excluding steroid dienone is 2. The third-order valence-corrected chi connectivity index (χ3v) is 13.1. The van der Waals surface area contributed by atoms with E-state index in [4.69, 9.17) is 9.98 Å². The molecule has 0 fully saturated rings. The number of para-hydroxylation sites is 3. The lowest BCUT2D eigenvalue weighted by Gasteiger charge is -2.25. The number of aliphatic imine (C=N–C) groups is 2. The zero-order valence-electron chi connectivity index (χ0n) is 37.5. The summed E-state index contributed by atoms with van der Waals surface area (Å²) in [6, 6.07) is 72.1. The molecule has 0 amide bonds. The maximum atomic E-state index is 5.23. The standard InChI is InChI=1S/C59H42N6.C2H6/c1-5-18-39(19-6-1)57-60-58(40-20-7-2-8-21-40)62-59(61-57)41-22-17-27-44(36-41)64-53-34-32-45(63(42-23-9-3-10-24-42)43-25-11-4-12-26-43)37-50(53)49-33-35-54-51(56(49)64)38-55-48-30-14-13-28-46(48)47-29-15-16-31-52(47)65(54)55;1-2/h1,3-7,9-38,58H,2,8H2,(H,60,61,62);1-2H3. The second kappa shape index (κ2) is 16.8. The summed E-state index contributed by atoms with van der Waals surface area (Å²) in [6.07, 6.45) is 8.54. The fraction of sp³-hybridized carbons (Fsp3) is 0.0820. The molecular formula is C61H48N6. The van der Waals surface area contributed by atoms with E-state index in [9.17, 15) is 0 Å². The van der Waals surface area contributed by atoms with Gasteiger partial charge in [-0.1, -0.05) is 159 Å². The number of anilines is 3. The van der Waals surface area contributed by atoms with Gasteiger partial charge in [0.05, 0.1) is 27.6 Å². The average molecular weight is 865 g/mol. The molecule has 1 aliphatic carbocycles. The topological polar surface area (TPSA) is 49.3 Å². The van der Waals surface area contributed by atoms with Crippen molar-refractivity contribution in [1.29, 1.82) is 0 Å². The number of pyridine rings is 1. The summed E-state index contributed by atoms with van der Waals surface area (Å²) in [6.45, 7) is 4.00. The predicted octanol–water partition coefficient (Wildman–Crippen LogP) is 15.4. The van der Waals surface area contributed by atoms with Crippen LogP contribution in [0.3, 0.4) is 0 Å². The van der Waals surface area contributed by atoms with Gasteiger partial charge in [-0.15, -0.1) is 0 Å². The summed E-state index contributed by atoms with van der Waals surface area (Å²) < 4.78 is 4.93. The number of hydrogen-bond donors (Lipinski definition) is 1. The first-order valence-corrected chi connectivity index (χ1v) is 23.4. The van der Waals surface area contributed by atoms with Crippen molar-refractivity contribution in [3.05, 3.63) is 235 Å². The highest BCUT2D eigenvalue weighted by Crippen LogP contribution is 2.43. The minimum Gasteiger partial charge on any atom is -0.344 e. The van der Waals surface area contributed by atoms with Gasteiger partial charge in [-0.25, -0.2) is 9.98 Å². The van der Waals surface area contributed by atoms with Gasteiger partial charge in [-0.05, 0) is 96.6 Å². The number of benzene rings is 8. The fourth-order valence-electron chi connectivity index (χ4n) is 10.2. The van der Waals surface area contributed by atoms with Gasteiger partial charge < -0.3 is 19.2 Å². The van der Waals surface area contributed by atoms with Crippen LogP contribution in [0.1, 0.15) is 37.8 Å². The van der Waals surface area contributed by atoms with Crippen molar-refractivity contribution in [2.45, 2.75) is 32.9 Å². The first-order valence-electron chi connectivity index (χ1n) is 23.4. The number of hydrogen-bond acceptors (Lipinski definition) is 4. The molecular weight excluding hydrogens is 817 g/mol. The van der Waals surface area contributed by atoms with Crippen LogP contribution in [0.25, 0.3) is 65.6 Å². The Morgan fingerprint density at radius 3 is 1.87 bits per heavy atom. The second-order valence-corrected chi connectivity index (χ2v) is 16.9. The van der Waals surface area contributed by atoms with Crippen LogP contribution in [0.15, 0.2) is 234 Å². The summed E-state index contributed by atoms with van der Waals surface area (Å²) in [5, 5.41) is 11.0. The number of aromatic nitrogens is 2. The van der Waals surface area contributed by atoms with Crippen molar-refractivity contribution in [2.75, 3.05) is 4.90 Å². The van der Waals surface area contributed by atoms with Crippen LogP contribution in [0.4, 0.5) is 17.1 Å². The van der Waals surface area contributed by atoms with Gasteiger partial charge >= 0.3 is 0 Å². The molecule has 13 rings (SSSR count). The van der Waals surface area contributed by atoms with E-state index in [1.807, 2.05) is 19.9 Å². The highest BCUT2D eigenvalue weighted by molar-refractivity contribution is 6.23. The quantitative estimate of drug-likeness (QED) is 0.162. The summed E-state index contributed by atoms with van der Waals surface area (Å²) in [7, 11) is 0. The average Bonchev–Trinajstić information content (AvgIpc) is 3.97. The lowest BCUT2D eigenvalue weighted by Crippen LogP contribution is -2.40. The molecule has 322 valence electrons. The first-order chi connectivity index (χ1) is 33.2. The molecule has 67 heavy (non-hydrogen) atoms. The fourth-order valence-corrected chi connectivity index (χ4v) is 10.2. The Bertz CT molecular complexity index is 3760. The molecule has 2 aliphatic rings. The van der Waals surface area contributed by atoms with Crippen molar-refractivity contribution in [2.24, 2.45) is 9.98 Å². The van der Waals surface area contributed by atoms with Gasteiger partial charge in [0.2, 0.25) is 0 Å². The second-order valence-electron chi connectivity index (χ2n) is 16.9. The van der Waals surface area contributed by atoms with E-state index in [2.05, 4.69) is 232 Å². The van der Waals surface area contributed by atoms with E-state index in [1.54, 1.807) is 0 Å². The van der Waals surface area contributed by atoms with Crippen LogP contribution in [0.2, 0.25) is 0 Å². The van der Waals surface area contributed by atoms with Crippen LogP contribution >= 0.6 is 0 Å². The molecule has 0 saturated carbocycles. The Hall–Kier alpha value is -8.48. The zero-order chi connectivity index (χ0) is 44.8. The largest absolute Gasteiger partial charge is 0.344 e. The number of nitrogens with zero attached hydrogens (tertiary/aromatic N) is 5. The van der Waals surface area contributed by atoms with E-state index in [0.717, 1.165) is 75.0 Å². The Morgan fingerprint density at radius 2 is 1.13 bits per heavy atom. The van der Waals surface area contributed by atoms with E-state index in [0.29, 0.717) is 0 Å². The molecule has 3 aromatic heterocycles. The molecule has 6 nitrogen and oxygen atoms in total. The maximum Gasteiger partial charge on any atom is 0.159 e. The van der Waals surface area contributed by atoms with Crippen molar-refractivity contribution in [3.63, 3.8) is 0 Å². The number of fused-ring (bicyclic) bond motifs is 12. The smallest absolute Gasteiger partial charge is 0.159 e. The zero-order valence-corrected chi connectivity index (χ0v) is 37.5. The summed E-state index contributed by atoms with van der Waals surface area (Å²) in [4.78, 5) is 12.7. The monoisotopic (exact) mass is 864 g/mol. The molecule has 1 atom stereocenters.